The Labute approximate surface area is 199 Å². The molecule has 34 heavy (non-hydrogen) atoms. The van der Waals surface area contributed by atoms with Crippen molar-refractivity contribution in [3.63, 3.8) is 0 Å². The van der Waals surface area contributed by atoms with Crippen molar-refractivity contribution in [3.8, 4) is 11.3 Å². The Bertz CT molecular complexity index is 1170. The zero-order chi connectivity index (χ0) is 24.6. The van der Waals surface area contributed by atoms with Gasteiger partial charge in [0.25, 0.3) is 0 Å². The van der Waals surface area contributed by atoms with E-state index in [1.165, 1.54) is 0 Å². The van der Waals surface area contributed by atoms with Gasteiger partial charge in [-0.3, -0.25) is 4.98 Å². The highest BCUT2D eigenvalue weighted by molar-refractivity contribution is 5.91. The summed E-state index contributed by atoms with van der Waals surface area (Å²) in [6.45, 7) is 10.7. The fourth-order valence-corrected chi connectivity index (χ4v) is 4.83. The number of amides is 1. The van der Waals surface area contributed by atoms with Crippen LogP contribution in [0, 0.1) is 13.8 Å². The molecule has 3 heterocycles. The van der Waals surface area contributed by atoms with Gasteiger partial charge in [-0.1, -0.05) is 6.07 Å². The zero-order valence-electron chi connectivity index (χ0n) is 20.5. The maximum Gasteiger partial charge on any atom is 0.410 e. The van der Waals surface area contributed by atoms with Gasteiger partial charge in [0, 0.05) is 47.4 Å². The minimum absolute atomic E-state index is 0.270. The molecule has 1 aliphatic heterocycles. The van der Waals surface area contributed by atoms with E-state index in [0.717, 1.165) is 52.0 Å². The number of H-pyrrole nitrogens is 1. The number of nitrogens with zero attached hydrogens (tertiary/aromatic N) is 2. The number of benzene rings is 1. The summed E-state index contributed by atoms with van der Waals surface area (Å²) in [5, 5.41) is 0.842. The molecular weight excluding hydrogens is 436 g/mol. The monoisotopic (exact) mass is 469 g/mol. The first-order valence-corrected chi connectivity index (χ1v) is 11.9. The van der Waals surface area contributed by atoms with Gasteiger partial charge in [-0.25, -0.2) is 13.6 Å². The fraction of sp³-hybridized carbons (Fsp3) is 0.481. The van der Waals surface area contributed by atoms with Gasteiger partial charge in [-0.15, -0.1) is 0 Å². The summed E-state index contributed by atoms with van der Waals surface area (Å²) in [5.74, 6) is 0.270. The third-order valence-corrected chi connectivity index (χ3v) is 6.28. The van der Waals surface area contributed by atoms with Gasteiger partial charge < -0.3 is 14.6 Å². The first-order valence-electron chi connectivity index (χ1n) is 11.9. The smallest absolute Gasteiger partial charge is 0.410 e. The third-order valence-electron chi connectivity index (χ3n) is 6.28. The van der Waals surface area contributed by atoms with E-state index >= 15 is 0 Å². The highest BCUT2D eigenvalue weighted by Crippen LogP contribution is 2.36. The van der Waals surface area contributed by atoms with Gasteiger partial charge in [0.05, 0.1) is 5.69 Å². The second kappa shape index (κ2) is 9.35. The van der Waals surface area contributed by atoms with Crippen LogP contribution in [0.15, 0.2) is 30.3 Å². The van der Waals surface area contributed by atoms with Crippen molar-refractivity contribution >= 4 is 17.0 Å². The molecule has 1 saturated heterocycles. The lowest BCUT2D eigenvalue weighted by Crippen LogP contribution is -2.41. The van der Waals surface area contributed by atoms with Crippen LogP contribution >= 0.6 is 0 Å². The molecule has 1 N–H and O–H groups in total. The number of alkyl halides is 2. The largest absolute Gasteiger partial charge is 0.444 e. The number of piperidine rings is 1. The molecule has 0 bridgehead atoms. The number of pyridine rings is 1. The number of carbonyl (C=O) groups is 1. The average molecular weight is 470 g/mol. The minimum Gasteiger partial charge on any atom is -0.444 e. The number of likely N-dealkylation sites (tertiary alicyclic amines) is 1. The molecule has 0 radical (unpaired) electrons. The van der Waals surface area contributed by atoms with E-state index in [4.69, 9.17) is 4.74 Å². The van der Waals surface area contributed by atoms with Crippen LogP contribution in [0.5, 0.6) is 0 Å². The molecule has 7 heteroatoms. The second-order valence-electron chi connectivity index (χ2n) is 10.3. The quantitative estimate of drug-likeness (QED) is 0.459. The summed E-state index contributed by atoms with van der Waals surface area (Å²) >= 11 is 0. The van der Waals surface area contributed by atoms with Crippen LogP contribution in [0.4, 0.5) is 13.6 Å². The third kappa shape index (κ3) is 5.40. The Morgan fingerprint density at radius 3 is 2.38 bits per heavy atom. The molecule has 0 saturated carbocycles. The highest BCUT2D eigenvalue weighted by atomic mass is 19.3. The number of nitrogens with one attached hydrogen (secondary N) is 1. The molecule has 1 aromatic carbocycles. The molecule has 0 aliphatic carbocycles. The molecule has 0 spiro atoms. The molecule has 182 valence electrons. The summed E-state index contributed by atoms with van der Waals surface area (Å²) in [7, 11) is 0. The van der Waals surface area contributed by atoms with Crippen LogP contribution in [-0.4, -0.2) is 46.1 Å². The normalized spacial score (nSPS) is 15.4. The van der Waals surface area contributed by atoms with Crippen LogP contribution in [0.3, 0.4) is 0 Å². The standard InChI is InChI=1S/C27H33F2N3O2/c1-16-12-20(13-17(2)30-16)25-22(15-24(28)29)21-14-19(6-7-23(21)31-25)18-8-10-32(11-9-18)26(33)34-27(3,4)5/h6-7,12-14,18,24,31H,8-11,15H2,1-5H3. The van der Waals surface area contributed by atoms with E-state index < -0.39 is 12.0 Å². The molecular formula is C27H33F2N3O2. The lowest BCUT2D eigenvalue weighted by Gasteiger charge is -2.33. The minimum atomic E-state index is -2.44. The summed E-state index contributed by atoms with van der Waals surface area (Å²) < 4.78 is 32.7. The fourth-order valence-electron chi connectivity index (χ4n) is 4.83. The van der Waals surface area contributed by atoms with Gasteiger partial charge in [0.2, 0.25) is 6.43 Å². The Hall–Kier alpha value is -2.96. The number of aromatic amines is 1. The SMILES string of the molecule is Cc1cc(-c2[nH]c3ccc(C4CCN(C(=O)OC(C)(C)C)CC4)cc3c2CC(F)F)cc(C)n1. The number of aromatic nitrogens is 2. The highest BCUT2D eigenvalue weighted by Gasteiger charge is 2.28. The van der Waals surface area contributed by atoms with E-state index in [1.54, 1.807) is 4.90 Å². The van der Waals surface area contributed by atoms with Crippen LogP contribution in [0.25, 0.3) is 22.2 Å². The number of ether oxygens (including phenoxy) is 1. The van der Waals surface area contributed by atoms with Crippen LogP contribution in [0.2, 0.25) is 0 Å². The van der Waals surface area contributed by atoms with E-state index in [0.29, 0.717) is 18.7 Å². The molecule has 0 unspecified atom stereocenters. The van der Waals surface area contributed by atoms with Crippen molar-refractivity contribution in [1.82, 2.24) is 14.9 Å². The van der Waals surface area contributed by atoms with Gasteiger partial charge in [-0.2, -0.15) is 0 Å². The number of halogens is 2. The summed E-state index contributed by atoms with van der Waals surface area (Å²) in [6, 6.07) is 9.98. The van der Waals surface area contributed by atoms with Gasteiger partial charge in [0.1, 0.15) is 5.60 Å². The Morgan fingerprint density at radius 2 is 1.79 bits per heavy atom. The molecule has 1 amide bonds. The van der Waals surface area contributed by atoms with Crippen molar-refractivity contribution < 1.29 is 18.3 Å². The summed E-state index contributed by atoms with van der Waals surface area (Å²) in [6.07, 6.45) is -1.40. The van der Waals surface area contributed by atoms with Crippen molar-refractivity contribution in [1.29, 1.82) is 0 Å². The van der Waals surface area contributed by atoms with Crippen molar-refractivity contribution in [3.05, 3.63) is 52.8 Å². The van der Waals surface area contributed by atoms with Crippen molar-refractivity contribution in [2.75, 3.05) is 13.1 Å². The number of fused-ring (bicyclic) bond motifs is 1. The van der Waals surface area contributed by atoms with Crippen molar-refractivity contribution in [2.45, 2.75) is 71.8 Å². The predicted molar refractivity (Wildman–Crippen MR) is 130 cm³/mol. The number of hydrogen-bond donors (Lipinski definition) is 1. The van der Waals surface area contributed by atoms with Gasteiger partial charge in [-0.05, 0) is 88.8 Å². The van der Waals surface area contributed by atoms with E-state index in [-0.39, 0.29) is 18.4 Å². The number of carbonyl (C=O) groups excluding carboxylic acids is 1. The summed E-state index contributed by atoms with van der Waals surface area (Å²) in [5.41, 5.74) is 5.43. The van der Waals surface area contributed by atoms with E-state index in [2.05, 4.69) is 22.1 Å². The molecule has 2 aromatic heterocycles. The average Bonchev–Trinajstić information content (AvgIpc) is 3.09. The Balaban J connectivity index is 1.62. The van der Waals surface area contributed by atoms with E-state index in [9.17, 15) is 13.6 Å². The topological polar surface area (TPSA) is 58.2 Å². The number of aryl methyl sites for hydroxylation is 2. The van der Waals surface area contributed by atoms with Gasteiger partial charge in [0.15, 0.2) is 0 Å². The maximum atomic E-state index is 13.6. The summed E-state index contributed by atoms with van der Waals surface area (Å²) in [4.78, 5) is 21.9. The zero-order valence-corrected chi connectivity index (χ0v) is 20.5. The number of hydrogen-bond acceptors (Lipinski definition) is 3. The van der Waals surface area contributed by atoms with Gasteiger partial charge >= 0.3 is 6.09 Å². The molecule has 0 atom stereocenters. The molecule has 5 nitrogen and oxygen atoms in total. The lowest BCUT2D eigenvalue weighted by molar-refractivity contribution is 0.0205. The van der Waals surface area contributed by atoms with Crippen LogP contribution in [-0.2, 0) is 11.2 Å². The first kappa shape index (κ1) is 24.2. The van der Waals surface area contributed by atoms with E-state index in [1.807, 2.05) is 52.8 Å². The van der Waals surface area contributed by atoms with Crippen LogP contribution in [0.1, 0.15) is 62.0 Å². The number of rotatable bonds is 4. The maximum absolute atomic E-state index is 13.6. The molecule has 1 fully saturated rings. The lowest BCUT2D eigenvalue weighted by atomic mass is 9.88. The Kier molecular flexibility index (Phi) is 6.65. The molecule has 1 aliphatic rings. The van der Waals surface area contributed by atoms with Crippen molar-refractivity contribution in [2.24, 2.45) is 0 Å². The molecule has 4 rings (SSSR count). The second-order valence-corrected chi connectivity index (χ2v) is 10.3. The predicted octanol–water partition coefficient (Wildman–Crippen LogP) is 6.77. The Morgan fingerprint density at radius 1 is 1.15 bits per heavy atom. The van der Waals surface area contributed by atoms with Crippen LogP contribution < -0.4 is 0 Å². The molecule has 3 aromatic rings. The first-order chi connectivity index (χ1) is 16.0.